The smallest absolute Gasteiger partial charge is 0.355 e. The van der Waals surface area contributed by atoms with Gasteiger partial charge in [-0.05, 0) is 48.6 Å². The zero-order chi connectivity index (χ0) is 24.1. The topological polar surface area (TPSA) is 84.9 Å². The molecule has 0 saturated heterocycles. The second-order valence-electron chi connectivity index (χ2n) is 6.56. The summed E-state index contributed by atoms with van der Waals surface area (Å²) in [5.41, 5.74) is 0.457. The SMILES string of the molecule is COC(=O)C1=C(C(=O)OC)N(c2ccc(NC(=O)c3cc(F)c(F)cc3Cl)cc2)C=CC=C1. The average molecular weight is 475 g/mol. The van der Waals surface area contributed by atoms with E-state index in [-0.39, 0.29) is 21.9 Å². The largest absolute Gasteiger partial charge is 0.465 e. The van der Waals surface area contributed by atoms with Crippen LogP contribution in [0.4, 0.5) is 20.2 Å². The highest BCUT2D eigenvalue weighted by Crippen LogP contribution is 2.28. The van der Waals surface area contributed by atoms with E-state index in [0.29, 0.717) is 23.5 Å². The van der Waals surface area contributed by atoms with E-state index in [1.54, 1.807) is 30.5 Å². The highest BCUT2D eigenvalue weighted by atomic mass is 35.5. The Morgan fingerprint density at radius 2 is 1.58 bits per heavy atom. The minimum Gasteiger partial charge on any atom is -0.465 e. The number of benzene rings is 2. The molecule has 1 aliphatic heterocycles. The molecule has 170 valence electrons. The first-order valence-electron chi connectivity index (χ1n) is 9.37. The third-order valence-corrected chi connectivity index (χ3v) is 4.86. The molecule has 0 aliphatic carbocycles. The van der Waals surface area contributed by atoms with Crippen LogP contribution < -0.4 is 10.2 Å². The number of halogens is 3. The van der Waals surface area contributed by atoms with Crippen LogP contribution in [0.25, 0.3) is 0 Å². The number of carbonyl (C=O) groups is 3. The fourth-order valence-electron chi connectivity index (χ4n) is 2.97. The third kappa shape index (κ3) is 5.09. The van der Waals surface area contributed by atoms with Crippen molar-refractivity contribution in [2.24, 2.45) is 0 Å². The number of nitrogens with one attached hydrogen (secondary N) is 1. The van der Waals surface area contributed by atoms with E-state index in [1.807, 2.05) is 0 Å². The zero-order valence-corrected chi connectivity index (χ0v) is 18.2. The molecule has 1 amide bonds. The van der Waals surface area contributed by atoms with Crippen LogP contribution in [0.5, 0.6) is 0 Å². The molecule has 2 aromatic carbocycles. The summed E-state index contributed by atoms with van der Waals surface area (Å²) in [7, 11) is 2.38. The summed E-state index contributed by atoms with van der Waals surface area (Å²) in [6, 6.07) is 7.58. The molecule has 0 spiro atoms. The van der Waals surface area contributed by atoms with Gasteiger partial charge in [0, 0.05) is 17.6 Å². The van der Waals surface area contributed by atoms with Crippen molar-refractivity contribution in [3.05, 3.63) is 94.3 Å². The van der Waals surface area contributed by atoms with Gasteiger partial charge in [0.05, 0.1) is 30.4 Å². The minimum absolute atomic E-state index is 0.0142. The Morgan fingerprint density at radius 1 is 0.939 bits per heavy atom. The standard InChI is InChI=1S/C23H17ClF2N2O5/c1-32-22(30)15-5-3-4-10-28(20(15)23(31)33-2)14-8-6-13(7-9-14)27-21(29)16-11-18(25)19(26)12-17(16)24/h3-12H,1-2H3,(H,27,29). The molecule has 0 aromatic heterocycles. The Morgan fingerprint density at radius 3 is 2.21 bits per heavy atom. The lowest BCUT2D eigenvalue weighted by Crippen LogP contribution is -2.26. The van der Waals surface area contributed by atoms with Crippen LogP contribution in [0.1, 0.15) is 10.4 Å². The molecule has 0 saturated carbocycles. The van der Waals surface area contributed by atoms with Gasteiger partial charge in [0.1, 0.15) is 5.70 Å². The maximum absolute atomic E-state index is 13.5. The van der Waals surface area contributed by atoms with Crippen molar-refractivity contribution in [3.63, 3.8) is 0 Å². The van der Waals surface area contributed by atoms with E-state index in [0.717, 1.165) is 0 Å². The lowest BCUT2D eigenvalue weighted by Gasteiger charge is -2.23. The molecular formula is C23H17ClF2N2O5. The van der Waals surface area contributed by atoms with Crippen LogP contribution in [-0.2, 0) is 19.1 Å². The van der Waals surface area contributed by atoms with Gasteiger partial charge in [-0.15, -0.1) is 0 Å². The number of anilines is 2. The monoisotopic (exact) mass is 474 g/mol. The van der Waals surface area contributed by atoms with E-state index in [1.165, 1.54) is 37.3 Å². The molecular weight excluding hydrogens is 458 g/mol. The first-order valence-corrected chi connectivity index (χ1v) is 9.75. The quantitative estimate of drug-likeness (QED) is 0.512. The predicted molar refractivity (Wildman–Crippen MR) is 118 cm³/mol. The van der Waals surface area contributed by atoms with Crippen molar-refractivity contribution in [1.29, 1.82) is 0 Å². The average Bonchev–Trinajstić information content (AvgIpc) is 3.04. The van der Waals surface area contributed by atoms with Crippen molar-refractivity contribution in [2.75, 3.05) is 24.4 Å². The second kappa shape index (κ2) is 10.1. The van der Waals surface area contributed by atoms with E-state index >= 15 is 0 Å². The molecule has 2 aromatic rings. The van der Waals surface area contributed by atoms with Crippen molar-refractivity contribution < 1.29 is 32.6 Å². The summed E-state index contributed by atoms with van der Waals surface area (Å²) < 4.78 is 36.3. The van der Waals surface area contributed by atoms with E-state index in [4.69, 9.17) is 21.1 Å². The Hall–Kier alpha value is -3.98. The van der Waals surface area contributed by atoms with Crippen LogP contribution in [0.3, 0.4) is 0 Å². The third-order valence-electron chi connectivity index (χ3n) is 4.55. The van der Waals surface area contributed by atoms with Gasteiger partial charge in [0.15, 0.2) is 11.6 Å². The van der Waals surface area contributed by atoms with E-state index in [9.17, 15) is 23.2 Å². The fraction of sp³-hybridized carbons (Fsp3) is 0.0870. The molecule has 3 rings (SSSR count). The number of carbonyl (C=O) groups excluding carboxylic acids is 3. The van der Waals surface area contributed by atoms with E-state index in [2.05, 4.69) is 5.32 Å². The maximum atomic E-state index is 13.5. The van der Waals surface area contributed by atoms with Gasteiger partial charge in [-0.2, -0.15) is 0 Å². The lowest BCUT2D eigenvalue weighted by molar-refractivity contribution is -0.139. The molecule has 0 fully saturated rings. The fourth-order valence-corrected chi connectivity index (χ4v) is 3.20. The number of esters is 2. The molecule has 0 atom stereocenters. The Balaban J connectivity index is 1.91. The summed E-state index contributed by atoms with van der Waals surface area (Å²) in [4.78, 5) is 38.5. The van der Waals surface area contributed by atoms with Crippen molar-refractivity contribution >= 4 is 40.8 Å². The predicted octanol–water partition coefficient (Wildman–Crippen LogP) is 4.36. The van der Waals surface area contributed by atoms with Crippen LogP contribution in [-0.4, -0.2) is 32.1 Å². The van der Waals surface area contributed by atoms with Crippen molar-refractivity contribution in [1.82, 2.24) is 0 Å². The Labute approximate surface area is 192 Å². The van der Waals surface area contributed by atoms with Crippen LogP contribution in [0.15, 0.2) is 72.1 Å². The summed E-state index contributed by atoms with van der Waals surface area (Å²) >= 11 is 5.84. The van der Waals surface area contributed by atoms with Gasteiger partial charge in [-0.3, -0.25) is 4.79 Å². The zero-order valence-electron chi connectivity index (χ0n) is 17.4. The van der Waals surface area contributed by atoms with Gasteiger partial charge < -0.3 is 19.7 Å². The molecule has 33 heavy (non-hydrogen) atoms. The number of nitrogens with zero attached hydrogens (tertiary/aromatic N) is 1. The molecule has 0 bridgehead atoms. The number of hydrogen-bond donors (Lipinski definition) is 1. The highest BCUT2D eigenvalue weighted by Gasteiger charge is 2.27. The van der Waals surface area contributed by atoms with Gasteiger partial charge in [0.25, 0.3) is 5.91 Å². The lowest BCUT2D eigenvalue weighted by atomic mass is 10.1. The first kappa shape index (κ1) is 23.7. The number of methoxy groups -OCH3 is 2. The first-order chi connectivity index (χ1) is 15.8. The summed E-state index contributed by atoms with van der Waals surface area (Å²) in [5, 5.41) is 2.29. The number of allylic oxidation sites excluding steroid dienone is 2. The summed E-state index contributed by atoms with van der Waals surface area (Å²) in [5.74, 6) is -4.61. The van der Waals surface area contributed by atoms with Crippen molar-refractivity contribution in [3.8, 4) is 0 Å². The van der Waals surface area contributed by atoms with Crippen LogP contribution >= 0.6 is 11.6 Å². The minimum atomic E-state index is -1.20. The number of hydrogen-bond acceptors (Lipinski definition) is 6. The Bertz CT molecular complexity index is 1210. The van der Waals surface area contributed by atoms with Crippen molar-refractivity contribution in [2.45, 2.75) is 0 Å². The molecule has 10 heteroatoms. The molecule has 0 unspecified atom stereocenters. The maximum Gasteiger partial charge on any atom is 0.355 e. The molecule has 1 heterocycles. The molecule has 7 nitrogen and oxygen atoms in total. The summed E-state index contributed by atoms with van der Waals surface area (Å²) in [6.07, 6.45) is 6.15. The van der Waals surface area contributed by atoms with Crippen LogP contribution in [0.2, 0.25) is 5.02 Å². The number of ether oxygens (including phenoxy) is 2. The van der Waals surface area contributed by atoms with Gasteiger partial charge in [-0.25, -0.2) is 18.4 Å². The molecule has 1 aliphatic rings. The number of amides is 1. The number of rotatable bonds is 5. The molecule has 0 radical (unpaired) electrons. The Kier molecular flexibility index (Phi) is 7.24. The summed E-state index contributed by atoms with van der Waals surface area (Å²) in [6.45, 7) is 0. The van der Waals surface area contributed by atoms with E-state index < -0.39 is 29.5 Å². The van der Waals surface area contributed by atoms with Gasteiger partial charge in [0.2, 0.25) is 0 Å². The second-order valence-corrected chi connectivity index (χ2v) is 6.97. The van der Waals surface area contributed by atoms with Gasteiger partial charge >= 0.3 is 11.9 Å². The van der Waals surface area contributed by atoms with Crippen LogP contribution in [0, 0.1) is 11.6 Å². The van der Waals surface area contributed by atoms with Gasteiger partial charge in [-0.1, -0.05) is 17.7 Å². The normalized spacial score (nSPS) is 12.9. The highest BCUT2D eigenvalue weighted by molar-refractivity contribution is 6.34. The molecule has 1 N–H and O–H groups in total.